The average molecular weight is 380 g/mol. The van der Waals surface area contributed by atoms with Crippen LogP contribution >= 0.6 is 22.7 Å². The summed E-state index contributed by atoms with van der Waals surface area (Å²) in [6.07, 6.45) is -0.595. The fourth-order valence-electron chi connectivity index (χ4n) is 2.53. The topological polar surface area (TPSA) is 51.2 Å². The number of hydrogen-bond acceptors (Lipinski definition) is 5. The van der Waals surface area contributed by atoms with Gasteiger partial charge < -0.3 is 10.1 Å². The molecular weight excluding hydrogens is 364 g/mol. The summed E-state index contributed by atoms with van der Waals surface area (Å²) in [6, 6.07) is 19.4. The van der Waals surface area contributed by atoms with Crippen LogP contribution in [0.25, 0.3) is 20.8 Å². The van der Waals surface area contributed by atoms with Gasteiger partial charge in [0.2, 0.25) is 0 Å². The number of thiophene rings is 1. The second-order valence-corrected chi connectivity index (χ2v) is 7.66. The van der Waals surface area contributed by atoms with E-state index < -0.39 is 6.10 Å². The van der Waals surface area contributed by atoms with Crippen molar-refractivity contribution in [1.29, 1.82) is 0 Å². The lowest BCUT2D eigenvalue weighted by molar-refractivity contribution is -0.122. The third-order valence-electron chi connectivity index (χ3n) is 3.85. The lowest BCUT2D eigenvalue weighted by atomic mass is 10.3. The maximum Gasteiger partial charge on any atom is 0.265 e. The van der Waals surface area contributed by atoms with E-state index in [-0.39, 0.29) is 5.91 Å². The standard InChI is InChI=1S/C20H16N2O2S2/c1-13(24-14-7-3-2-4-8-14)18(23)22-19-15(11-12-25-19)20-21-16-9-5-6-10-17(16)26-20/h2-13H,1H3,(H,22,23)/t13-/m0/s1. The fraction of sp³-hybridized carbons (Fsp3) is 0.100. The molecule has 2 heterocycles. The summed E-state index contributed by atoms with van der Waals surface area (Å²) in [5.41, 5.74) is 1.91. The van der Waals surface area contributed by atoms with E-state index in [2.05, 4.69) is 16.4 Å². The minimum absolute atomic E-state index is 0.182. The van der Waals surface area contributed by atoms with Crippen molar-refractivity contribution in [3.63, 3.8) is 0 Å². The van der Waals surface area contributed by atoms with Crippen LogP contribution in [0.1, 0.15) is 6.92 Å². The molecule has 2 aromatic carbocycles. The first-order valence-corrected chi connectivity index (χ1v) is 9.86. The third-order valence-corrected chi connectivity index (χ3v) is 5.75. The van der Waals surface area contributed by atoms with E-state index in [1.54, 1.807) is 18.3 Å². The zero-order valence-corrected chi connectivity index (χ0v) is 15.6. The minimum Gasteiger partial charge on any atom is -0.481 e. The van der Waals surface area contributed by atoms with Gasteiger partial charge in [-0.2, -0.15) is 0 Å². The summed E-state index contributed by atoms with van der Waals surface area (Å²) in [6.45, 7) is 1.74. The molecule has 6 heteroatoms. The zero-order chi connectivity index (χ0) is 17.9. The number of anilines is 1. The normalized spacial score (nSPS) is 12.0. The Labute approximate surface area is 159 Å². The number of rotatable bonds is 5. The molecule has 1 amide bonds. The molecule has 130 valence electrons. The van der Waals surface area contributed by atoms with Crippen LogP contribution in [0.2, 0.25) is 0 Å². The quantitative estimate of drug-likeness (QED) is 0.502. The molecule has 0 bridgehead atoms. The highest BCUT2D eigenvalue weighted by atomic mass is 32.1. The maximum atomic E-state index is 12.5. The van der Waals surface area contributed by atoms with Gasteiger partial charge in [0.1, 0.15) is 15.8 Å². The number of carbonyl (C=O) groups is 1. The molecule has 2 aromatic heterocycles. The molecular formula is C20H16N2O2S2. The molecule has 4 aromatic rings. The molecule has 4 rings (SSSR count). The first kappa shape index (κ1) is 16.8. The van der Waals surface area contributed by atoms with Crippen molar-refractivity contribution in [3.8, 4) is 16.3 Å². The smallest absolute Gasteiger partial charge is 0.265 e. The average Bonchev–Trinajstić information content (AvgIpc) is 3.28. The Morgan fingerprint density at radius 2 is 1.85 bits per heavy atom. The van der Waals surface area contributed by atoms with Crippen molar-refractivity contribution in [2.75, 3.05) is 5.32 Å². The second-order valence-electron chi connectivity index (χ2n) is 5.71. The number of nitrogens with zero attached hydrogens (tertiary/aromatic N) is 1. The summed E-state index contributed by atoms with van der Waals surface area (Å²) in [5, 5.41) is 6.62. The van der Waals surface area contributed by atoms with Gasteiger partial charge >= 0.3 is 0 Å². The Morgan fingerprint density at radius 3 is 2.65 bits per heavy atom. The van der Waals surface area contributed by atoms with Gasteiger partial charge in [0, 0.05) is 5.56 Å². The predicted molar refractivity (Wildman–Crippen MR) is 108 cm³/mol. The number of ether oxygens (including phenoxy) is 1. The first-order chi connectivity index (χ1) is 12.7. The molecule has 0 spiro atoms. The Morgan fingerprint density at radius 1 is 1.08 bits per heavy atom. The number of carbonyl (C=O) groups excluding carboxylic acids is 1. The zero-order valence-electron chi connectivity index (χ0n) is 14.0. The molecule has 0 saturated carbocycles. The Bertz CT molecular complexity index is 1010. The molecule has 1 N–H and O–H groups in total. The van der Waals surface area contributed by atoms with E-state index in [4.69, 9.17) is 4.74 Å². The molecule has 0 saturated heterocycles. The summed E-state index contributed by atoms with van der Waals surface area (Å²) in [7, 11) is 0. The minimum atomic E-state index is -0.595. The van der Waals surface area contributed by atoms with E-state index in [1.165, 1.54) is 11.3 Å². The van der Waals surface area contributed by atoms with Crippen LogP contribution < -0.4 is 10.1 Å². The highest BCUT2D eigenvalue weighted by Crippen LogP contribution is 2.37. The fourth-order valence-corrected chi connectivity index (χ4v) is 4.39. The van der Waals surface area contributed by atoms with Crippen LogP contribution in [0.4, 0.5) is 5.00 Å². The van der Waals surface area contributed by atoms with Gasteiger partial charge in [-0.05, 0) is 42.6 Å². The number of fused-ring (bicyclic) bond motifs is 1. The molecule has 4 nitrogen and oxygen atoms in total. The Hall–Kier alpha value is -2.70. The van der Waals surface area contributed by atoms with Crippen molar-refractivity contribution >= 4 is 43.8 Å². The number of nitrogens with one attached hydrogen (secondary N) is 1. The van der Waals surface area contributed by atoms with Crippen molar-refractivity contribution in [1.82, 2.24) is 4.98 Å². The van der Waals surface area contributed by atoms with Gasteiger partial charge in [0.15, 0.2) is 6.10 Å². The number of aromatic nitrogens is 1. The van der Waals surface area contributed by atoms with Gasteiger partial charge in [-0.3, -0.25) is 4.79 Å². The lowest BCUT2D eigenvalue weighted by Gasteiger charge is -2.14. The highest BCUT2D eigenvalue weighted by molar-refractivity contribution is 7.22. The van der Waals surface area contributed by atoms with Gasteiger partial charge in [-0.1, -0.05) is 30.3 Å². The summed E-state index contributed by atoms with van der Waals surface area (Å²) >= 11 is 3.11. The number of thiazole rings is 1. The maximum absolute atomic E-state index is 12.5. The van der Waals surface area contributed by atoms with Crippen LogP contribution in [0.5, 0.6) is 5.75 Å². The van der Waals surface area contributed by atoms with Crippen molar-refractivity contribution in [3.05, 3.63) is 66.0 Å². The Kier molecular flexibility index (Phi) is 4.69. The van der Waals surface area contributed by atoms with Gasteiger partial charge in [-0.15, -0.1) is 22.7 Å². The molecule has 1 atom stereocenters. The molecule has 26 heavy (non-hydrogen) atoms. The van der Waals surface area contributed by atoms with Crippen LogP contribution in [0.3, 0.4) is 0 Å². The highest BCUT2D eigenvalue weighted by Gasteiger charge is 2.19. The van der Waals surface area contributed by atoms with Crippen LogP contribution in [0.15, 0.2) is 66.0 Å². The van der Waals surface area contributed by atoms with E-state index in [0.29, 0.717) is 5.75 Å². The van der Waals surface area contributed by atoms with Crippen molar-refractivity contribution < 1.29 is 9.53 Å². The number of amides is 1. The molecule has 0 unspecified atom stereocenters. The monoisotopic (exact) mass is 380 g/mol. The predicted octanol–water partition coefficient (Wildman–Crippen LogP) is 5.43. The van der Waals surface area contributed by atoms with Crippen LogP contribution in [-0.4, -0.2) is 17.0 Å². The number of hydrogen-bond donors (Lipinski definition) is 1. The summed E-state index contributed by atoms with van der Waals surface area (Å²) in [4.78, 5) is 17.2. The van der Waals surface area contributed by atoms with E-state index in [0.717, 1.165) is 25.8 Å². The first-order valence-electron chi connectivity index (χ1n) is 8.17. The summed E-state index contributed by atoms with van der Waals surface area (Å²) < 4.78 is 6.83. The third kappa shape index (κ3) is 3.47. The molecule has 0 aliphatic rings. The van der Waals surface area contributed by atoms with E-state index in [1.807, 2.05) is 60.0 Å². The van der Waals surface area contributed by atoms with Crippen LogP contribution in [0, 0.1) is 0 Å². The van der Waals surface area contributed by atoms with E-state index in [9.17, 15) is 4.79 Å². The van der Waals surface area contributed by atoms with Crippen molar-refractivity contribution in [2.24, 2.45) is 0 Å². The molecule has 0 fully saturated rings. The summed E-state index contributed by atoms with van der Waals surface area (Å²) in [5.74, 6) is 0.492. The van der Waals surface area contributed by atoms with Gasteiger partial charge in [0.25, 0.3) is 5.91 Å². The lowest BCUT2D eigenvalue weighted by Crippen LogP contribution is -2.29. The second kappa shape index (κ2) is 7.27. The molecule has 0 aliphatic carbocycles. The van der Waals surface area contributed by atoms with Crippen molar-refractivity contribution in [2.45, 2.75) is 13.0 Å². The van der Waals surface area contributed by atoms with Crippen LogP contribution in [-0.2, 0) is 4.79 Å². The molecule has 0 radical (unpaired) electrons. The largest absolute Gasteiger partial charge is 0.481 e. The number of para-hydroxylation sites is 2. The SMILES string of the molecule is C[C@H](Oc1ccccc1)C(=O)Nc1sccc1-c1nc2ccccc2s1. The number of benzene rings is 2. The Balaban J connectivity index is 1.52. The van der Waals surface area contributed by atoms with Gasteiger partial charge in [0.05, 0.1) is 10.2 Å². The van der Waals surface area contributed by atoms with E-state index >= 15 is 0 Å². The molecule has 0 aliphatic heterocycles. The van der Waals surface area contributed by atoms with Gasteiger partial charge in [-0.25, -0.2) is 4.98 Å².